The third-order valence-corrected chi connectivity index (χ3v) is 6.22. The van der Waals surface area contributed by atoms with Crippen LogP contribution in [-0.2, 0) is 17.9 Å². The fourth-order valence-electron chi connectivity index (χ4n) is 3.24. The Kier molecular flexibility index (Phi) is 8.20. The Bertz CT molecular complexity index is 1050. The van der Waals surface area contributed by atoms with Gasteiger partial charge in [0.1, 0.15) is 6.54 Å². The monoisotopic (exact) mass is 496 g/mol. The molecule has 31 heavy (non-hydrogen) atoms. The third-order valence-electron chi connectivity index (χ3n) is 4.75. The number of thiophene rings is 1. The first kappa shape index (κ1) is 23.0. The van der Waals surface area contributed by atoms with Gasteiger partial charge in [-0.2, -0.15) is 0 Å². The lowest BCUT2D eigenvalue weighted by atomic mass is 10.2. The molecule has 0 fully saturated rings. The summed E-state index contributed by atoms with van der Waals surface area (Å²) in [5.74, 6) is -0.290. The Hall–Kier alpha value is -2.70. The van der Waals surface area contributed by atoms with Gasteiger partial charge in [0.2, 0.25) is 5.91 Å². The molecule has 3 aromatic rings. The van der Waals surface area contributed by atoms with E-state index in [0.717, 1.165) is 14.9 Å². The summed E-state index contributed by atoms with van der Waals surface area (Å²) in [5.41, 5.74) is 1.59. The zero-order valence-electron chi connectivity index (χ0n) is 17.5. The van der Waals surface area contributed by atoms with E-state index in [2.05, 4.69) is 41.6 Å². The van der Waals surface area contributed by atoms with Crippen LogP contribution in [0.15, 0.2) is 83.9 Å². The minimum absolute atomic E-state index is 0.00540. The summed E-state index contributed by atoms with van der Waals surface area (Å²) in [6.45, 7) is 7.11. The molecule has 0 aliphatic rings. The molecule has 3 rings (SSSR count). The molecule has 0 bridgehead atoms. The molecule has 0 saturated carbocycles. The number of benzene rings is 2. The predicted octanol–water partition coefficient (Wildman–Crippen LogP) is 5.68. The smallest absolute Gasteiger partial charge is 0.254 e. The van der Waals surface area contributed by atoms with Crippen LogP contribution in [0.5, 0.6) is 0 Å². The quantitative estimate of drug-likeness (QED) is 0.357. The van der Waals surface area contributed by atoms with Crippen LogP contribution in [0.4, 0.5) is 0 Å². The molecule has 0 radical (unpaired) electrons. The molecule has 0 unspecified atom stereocenters. The number of amides is 2. The molecule has 6 heteroatoms. The second-order valence-corrected chi connectivity index (χ2v) is 9.52. The first-order valence-electron chi connectivity index (χ1n) is 9.99. The molecule has 1 aromatic heterocycles. The van der Waals surface area contributed by atoms with E-state index in [1.165, 1.54) is 9.78 Å². The Morgan fingerprint density at radius 1 is 1.00 bits per heavy atom. The molecule has 160 valence electrons. The van der Waals surface area contributed by atoms with Gasteiger partial charge in [-0.3, -0.25) is 9.59 Å². The third kappa shape index (κ3) is 6.64. The standard InChI is InChI=1S/C25H25BrN2O2S/c1-3-14-27(25(30)21-10-7-11-22(26)15-21)18-24(29)28(16-20-8-5-4-6-9-20)17-23-13-12-19(2)31-23/h3-13,15H,1,14,16-18H2,2H3. The zero-order chi connectivity index (χ0) is 22.2. The summed E-state index contributed by atoms with van der Waals surface area (Å²) < 4.78 is 0.821. The van der Waals surface area contributed by atoms with Gasteiger partial charge in [0.15, 0.2) is 0 Å². The highest BCUT2D eigenvalue weighted by Crippen LogP contribution is 2.19. The zero-order valence-corrected chi connectivity index (χ0v) is 19.9. The summed E-state index contributed by atoms with van der Waals surface area (Å²) >= 11 is 5.09. The van der Waals surface area contributed by atoms with E-state index < -0.39 is 0 Å². The largest absolute Gasteiger partial charge is 0.332 e. The Balaban J connectivity index is 1.80. The topological polar surface area (TPSA) is 40.6 Å². The molecular formula is C25H25BrN2O2S. The number of halogens is 1. The molecule has 0 N–H and O–H groups in total. The Morgan fingerprint density at radius 3 is 2.42 bits per heavy atom. The van der Waals surface area contributed by atoms with Crippen LogP contribution in [0.3, 0.4) is 0 Å². The van der Waals surface area contributed by atoms with Gasteiger partial charge in [0.25, 0.3) is 5.91 Å². The normalized spacial score (nSPS) is 10.5. The van der Waals surface area contributed by atoms with E-state index in [1.54, 1.807) is 29.5 Å². The first-order chi connectivity index (χ1) is 15.0. The van der Waals surface area contributed by atoms with Crippen LogP contribution in [0.2, 0.25) is 0 Å². The van der Waals surface area contributed by atoms with Gasteiger partial charge in [-0.15, -0.1) is 17.9 Å². The van der Waals surface area contributed by atoms with Crippen molar-refractivity contribution in [3.8, 4) is 0 Å². The average Bonchev–Trinajstić information content (AvgIpc) is 3.17. The van der Waals surface area contributed by atoms with E-state index >= 15 is 0 Å². The number of hydrogen-bond acceptors (Lipinski definition) is 3. The summed E-state index contributed by atoms with van der Waals surface area (Å²) in [7, 11) is 0. The number of aryl methyl sites for hydroxylation is 1. The highest BCUT2D eigenvalue weighted by atomic mass is 79.9. The van der Waals surface area contributed by atoms with Crippen molar-refractivity contribution in [1.82, 2.24) is 9.80 Å². The van der Waals surface area contributed by atoms with Crippen LogP contribution in [0, 0.1) is 6.92 Å². The van der Waals surface area contributed by atoms with Crippen molar-refractivity contribution >= 4 is 39.1 Å². The molecule has 0 spiro atoms. The lowest BCUT2D eigenvalue weighted by molar-refractivity contribution is -0.133. The fraction of sp³-hybridized carbons (Fsp3) is 0.200. The maximum absolute atomic E-state index is 13.3. The van der Waals surface area contributed by atoms with E-state index in [1.807, 2.05) is 47.4 Å². The Morgan fingerprint density at radius 2 is 1.77 bits per heavy atom. The number of hydrogen-bond donors (Lipinski definition) is 0. The van der Waals surface area contributed by atoms with Crippen LogP contribution < -0.4 is 0 Å². The molecule has 0 aliphatic heterocycles. The summed E-state index contributed by atoms with van der Waals surface area (Å²) in [5, 5.41) is 0. The van der Waals surface area contributed by atoms with E-state index in [9.17, 15) is 9.59 Å². The first-order valence-corrected chi connectivity index (χ1v) is 11.6. The molecular weight excluding hydrogens is 472 g/mol. The SMILES string of the molecule is C=CCN(CC(=O)N(Cc1ccccc1)Cc1ccc(C)s1)C(=O)c1cccc(Br)c1. The summed E-state index contributed by atoms with van der Waals surface area (Å²) in [4.78, 5) is 32.1. The van der Waals surface area contributed by atoms with Crippen molar-refractivity contribution in [3.05, 3.63) is 105 Å². The molecule has 0 atom stereocenters. The maximum atomic E-state index is 13.3. The number of carbonyl (C=O) groups excluding carboxylic acids is 2. The van der Waals surface area contributed by atoms with Crippen LogP contribution in [-0.4, -0.2) is 34.7 Å². The van der Waals surface area contributed by atoms with Gasteiger partial charge >= 0.3 is 0 Å². The van der Waals surface area contributed by atoms with Crippen LogP contribution in [0.1, 0.15) is 25.7 Å². The maximum Gasteiger partial charge on any atom is 0.254 e. The summed E-state index contributed by atoms with van der Waals surface area (Å²) in [6, 6.07) is 21.2. The minimum atomic E-state index is -0.193. The van der Waals surface area contributed by atoms with Crippen LogP contribution in [0.25, 0.3) is 0 Å². The molecule has 2 amide bonds. The van der Waals surface area contributed by atoms with Crippen molar-refractivity contribution in [2.75, 3.05) is 13.1 Å². The number of rotatable bonds is 9. The lowest BCUT2D eigenvalue weighted by Crippen LogP contribution is -2.42. The molecule has 1 heterocycles. The van der Waals surface area contributed by atoms with Gasteiger partial charge in [0.05, 0.1) is 6.54 Å². The van der Waals surface area contributed by atoms with Crippen molar-refractivity contribution in [3.63, 3.8) is 0 Å². The van der Waals surface area contributed by atoms with Gasteiger partial charge < -0.3 is 9.80 Å². The van der Waals surface area contributed by atoms with E-state index in [0.29, 0.717) is 25.2 Å². The second kappa shape index (κ2) is 11.1. The van der Waals surface area contributed by atoms with Crippen LogP contribution >= 0.6 is 27.3 Å². The van der Waals surface area contributed by atoms with E-state index in [-0.39, 0.29) is 18.4 Å². The number of carbonyl (C=O) groups is 2. The number of nitrogens with zero attached hydrogens (tertiary/aromatic N) is 2. The second-order valence-electron chi connectivity index (χ2n) is 7.23. The summed E-state index contributed by atoms with van der Waals surface area (Å²) in [6.07, 6.45) is 1.65. The van der Waals surface area contributed by atoms with Crippen molar-refractivity contribution in [2.24, 2.45) is 0 Å². The van der Waals surface area contributed by atoms with Crippen molar-refractivity contribution < 1.29 is 9.59 Å². The van der Waals surface area contributed by atoms with Gasteiger partial charge in [0, 0.05) is 32.9 Å². The fourth-order valence-corrected chi connectivity index (χ4v) is 4.54. The lowest BCUT2D eigenvalue weighted by Gasteiger charge is -2.27. The van der Waals surface area contributed by atoms with Gasteiger partial charge in [-0.1, -0.05) is 58.4 Å². The molecule has 4 nitrogen and oxygen atoms in total. The van der Waals surface area contributed by atoms with Gasteiger partial charge in [-0.25, -0.2) is 0 Å². The van der Waals surface area contributed by atoms with E-state index in [4.69, 9.17) is 0 Å². The molecule has 0 saturated heterocycles. The minimum Gasteiger partial charge on any atom is -0.332 e. The van der Waals surface area contributed by atoms with Gasteiger partial charge in [-0.05, 0) is 42.8 Å². The molecule has 0 aliphatic carbocycles. The van der Waals surface area contributed by atoms with Crippen molar-refractivity contribution in [1.29, 1.82) is 0 Å². The highest BCUT2D eigenvalue weighted by molar-refractivity contribution is 9.10. The Labute approximate surface area is 195 Å². The predicted molar refractivity (Wildman–Crippen MR) is 130 cm³/mol. The molecule has 2 aromatic carbocycles. The highest BCUT2D eigenvalue weighted by Gasteiger charge is 2.22. The average molecular weight is 497 g/mol. The van der Waals surface area contributed by atoms with Crippen molar-refractivity contribution in [2.45, 2.75) is 20.0 Å².